The average molecular weight is 316 g/mol. The highest BCUT2D eigenvalue weighted by Gasteiger charge is 2.14. The largest absolute Gasteiger partial charge is 0.302 e. The van der Waals surface area contributed by atoms with Crippen molar-refractivity contribution in [3.8, 4) is 0 Å². The number of aromatic nitrogens is 1. The molecule has 2 rings (SSSR count). The summed E-state index contributed by atoms with van der Waals surface area (Å²) in [5.41, 5.74) is 1.20. The summed E-state index contributed by atoms with van der Waals surface area (Å²) in [5.74, 6) is -0.432. The Bertz CT molecular complexity index is 707. The van der Waals surface area contributed by atoms with Gasteiger partial charge in [0.1, 0.15) is 0 Å². The van der Waals surface area contributed by atoms with Crippen LogP contribution in [0.1, 0.15) is 45.5 Å². The molecule has 0 spiro atoms. The molecule has 0 saturated heterocycles. The number of thiazole rings is 1. The Hall–Kier alpha value is -2.34. The minimum atomic E-state index is -0.284. The van der Waals surface area contributed by atoms with E-state index < -0.39 is 0 Å². The second-order valence-corrected chi connectivity index (χ2v) is 5.83. The van der Waals surface area contributed by atoms with Gasteiger partial charge in [-0.3, -0.25) is 14.4 Å². The lowest BCUT2D eigenvalue weighted by Crippen LogP contribution is -2.13. The van der Waals surface area contributed by atoms with Gasteiger partial charge < -0.3 is 5.32 Å². The van der Waals surface area contributed by atoms with Crippen LogP contribution in [0.15, 0.2) is 30.3 Å². The highest BCUT2D eigenvalue weighted by atomic mass is 32.1. The van der Waals surface area contributed by atoms with Crippen molar-refractivity contribution in [2.24, 2.45) is 0 Å². The monoisotopic (exact) mass is 316 g/mol. The molecule has 0 radical (unpaired) electrons. The van der Waals surface area contributed by atoms with Crippen molar-refractivity contribution in [3.05, 3.63) is 46.5 Å². The predicted octanol–water partition coefficient (Wildman–Crippen LogP) is 3.26. The molecule has 6 heteroatoms. The number of nitrogens with one attached hydrogen (secondary N) is 1. The molecule has 0 fully saturated rings. The summed E-state index contributed by atoms with van der Waals surface area (Å²) >= 11 is 1.15. The van der Waals surface area contributed by atoms with E-state index in [2.05, 4.69) is 10.3 Å². The van der Waals surface area contributed by atoms with E-state index >= 15 is 0 Å². The molecule has 0 unspecified atom stereocenters. The van der Waals surface area contributed by atoms with Gasteiger partial charge in [-0.25, -0.2) is 4.98 Å². The maximum atomic E-state index is 11.9. The molecule has 0 aliphatic rings. The molecule has 1 N–H and O–H groups in total. The van der Waals surface area contributed by atoms with Gasteiger partial charge in [0.2, 0.25) is 5.91 Å². The lowest BCUT2D eigenvalue weighted by Gasteiger charge is -2.02. The van der Waals surface area contributed by atoms with Crippen molar-refractivity contribution in [2.45, 2.75) is 26.7 Å². The average Bonchev–Trinajstić information content (AvgIpc) is 2.86. The molecule has 5 nitrogen and oxygen atoms in total. The fourth-order valence-corrected chi connectivity index (χ4v) is 2.83. The van der Waals surface area contributed by atoms with E-state index in [1.54, 1.807) is 31.2 Å². The van der Waals surface area contributed by atoms with Gasteiger partial charge in [-0.05, 0) is 6.92 Å². The fraction of sp³-hybridized carbons (Fsp3) is 0.250. The Kier molecular flexibility index (Phi) is 5.16. The number of hydrogen-bond donors (Lipinski definition) is 1. The number of anilines is 1. The number of aryl methyl sites for hydroxylation is 1. The van der Waals surface area contributed by atoms with E-state index in [1.165, 1.54) is 6.92 Å². The molecule has 0 bridgehead atoms. The minimum Gasteiger partial charge on any atom is -0.302 e. The van der Waals surface area contributed by atoms with Crippen molar-refractivity contribution in [1.82, 2.24) is 4.98 Å². The van der Waals surface area contributed by atoms with Gasteiger partial charge in [-0.15, -0.1) is 0 Å². The van der Waals surface area contributed by atoms with Crippen molar-refractivity contribution in [1.29, 1.82) is 0 Å². The second-order valence-electron chi connectivity index (χ2n) is 4.83. The third-order valence-corrected chi connectivity index (χ3v) is 4.21. The summed E-state index contributed by atoms with van der Waals surface area (Å²) in [5, 5.41) is 3.02. The number of benzene rings is 1. The predicted molar refractivity (Wildman–Crippen MR) is 85.5 cm³/mol. The Morgan fingerprint density at radius 2 is 1.82 bits per heavy atom. The Balaban J connectivity index is 1.89. The highest BCUT2D eigenvalue weighted by Crippen LogP contribution is 2.23. The van der Waals surface area contributed by atoms with Crippen LogP contribution in [0.5, 0.6) is 0 Å². The summed E-state index contributed by atoms with van der Waals surface area (Å²) in [6.45, 7) is 3.19. The maximum absolute atomic E-state index is 11.9. The van der Waals surface area contributed by atoms with Crippen LogP contribution in [0.2, 0.25) is 0 Å². The van der Waals surface area contributed by atoms with Gasteiger partial charge in [0, 0.05) is 25.3 Å². The molecule has 0 aliphatic heterocycles. The number of carbonyl (C=O) groups is 3. The smallest absolute Gasteiger partial charge is 0.226 e. The number of carbonyl (C=O) groups excluding carboxylic acids is 3. The fourth-order valence-electron chi connectivity index (χ4n) is 1.95. The SMILES string of the molecule is CC(=O)c1sc(NC(=O)CCC(=O)c2ccccc2)nc1C. The summed E-state index contributed by atoms with van der Waals surface area (Å²) in [7, 11) is 0. The van der Waals surface area contributed by atoms with Gasteiger partial charge in [-0.1, -0.05) is 41.7 Å². The summed E-state index contributed by atoms with van der Waals surface area (Å²) in [4.78, 5) is 39.8. The standard InChI is InChI=1S/C16H16N2O3S/c1-10-15(11(2)19)22-16(17-10)18-14(21)9-8-13(20)12-6-4-3-5-7-12/h3-7H,8-9H2,1-2H3,(H,17,18,21). The van der Waals surface area contributed by atoms with Gasteiger partial charge >= 0.3 is 0 Å². The van der Waals surface area contributed by atoms with Crippen LogP contribution in [-0.2, 0) is 4.79 Å². The molecule has 0 atom stereocenters. The highest BCUT2D eigenvalue weighted by molar-refractivity contribution is 7.17. The zero-order chi connectivity index (χ0) is 16.1. The van der Waals surface area contributed by atoms with Gasteiger partial charge in [0.15, 0.2) is 16.7 Å². The molecule has 114 valence electrons. The third-order valence-electron chi connectivity index (χ3n) is 3.04. The molecule has 1 aromatic heterocycles. The molecule has 22 heavy (non-hydrogen) atoms. The number of amides is 1. The van der Waals surface area contributed by atoms with Crippen LogP contribution in [0.3, 0.4) is 0 Å². The van der Waals surface area contributed by atoms with Gasteiger partial charge in [0.05, 0.1) is 10.6 Å². The maximum Gasteiger partial charge on any atom is 0.226 e. The quantitative estimate of drug-likeness (QED) is 0.830. The van der Waals surface area contributed by atoms with Gasteiger partial charge in [0.25, 0.3) is 0 Å². The summed E-state index contributed by atoms with van der Waals surface area (Å²) in [6, 6.07) is 8.86. The van der Waals surface area contributed by atoms with Crippen molar-refractivity contribution in [3.63, 3.8) is 0 Å². The Morgan fingerprint density at radius 3 is 2.41 bits per heavy atom. The molecular weight excluding hydrogens is 300 g/mol. The van der Waals surface area contributed by atoms with Crippen LogP contribution >= 0.6 is 11.3 Å². The first-order chi connectivity index (χ1) is 10.5. The van der Waals surface area contributed by atoms with E-state index in [4.69, 9.17) is 0 Å². The van der Waals surface area contributed by atoms with E-state index in [0.29, 0.717) is 21.3 Å². The lowest BCUT2D eigenvalue weighted by molar-refractivity contribution is -0.116. The summed E-state index contributed by atoms with van der Waals surface area (Å²) < 4.78 is 0. The minimum absolute atomic E-state index is 0.0736. The summed E-state index contributed by atoms with van der Waals surface area (Å²) in [6.07, 6.45) is 0.224. The molecule has 0 aliphatic carbocycles. The zero-order valence-electron chi connectivity index (χ0n) is 12.4. The lowest BCUT2D eigenvalue weighted by atomic mass is 10.1. The number of nitrogens with zero attached hydrogens (tertiary/aromatic N) is 1. The van der Waals surface area contributed by atoms with Crippen LogP contribution in [0, 0.1) is 6.92 Å². The molecule has 2 aromatic rings. The topological polar surface area (TPSA) is 76.1 Å². The first-order valence-corrected chi connectivity index (χ1v) is 7.65. The van der Waals surface area contributed by atoms with Crippen molar-refractivity contribution >= 4 is 33.9 Å². The molecule has 1 aromatic carbocycles. The number of Topliss-reactive ketones (excluding diaryl/α,β-unsaturated/α-hetero) is 2. The third kappa shape index (κ3) is 4.08. The van der Waals surface area contributed by atoms with E-state index in [1.807, 2.05) is 6.07 Å². The van der Waals surface area contributed by atoms with Crippen LogP contribution in [-0.4, -0.2) is 22.5 Å². The first-order valence-electron chi connectivity index (χ1n) is 6.84. The van der Waals surface area contributed by atoms with E-state index in [9.17, 15) is 14.4 Å². The number of ketones is 2. The Morgan fingerprint density at radius 1 is 1.14 bits per heavy atom. The molecule has 1 amide bonds. The molecule has 0 saturated carbocycles. The number of hydrogen-bond acceptors (Lipinski definition) is 5. The molecule has 1 heterocycles. The van der Waals surface area contributed by atoms with Crippen LogP contribution in [0.4, 0.5) is 5.13 Å². The van der Waals surface area contributed by atoms with Gasteiger partial charge in [-0.2, -0.15) is 0 Å². The molecular formula is C16H16N2O3S. The first kappa shape index (κ1) is 16.0. The van der Waals surface area contributed by atoms with E-state index in [0.717, 1.165) is 11.3 Å². The van der Waals surface area contributed by atoms with Crippen LogP contribution < -0.4 is 5.32 Å². The Labute approximate surface area is 132 Å². The number of rotatable bonds is 6. The van der Waals surface area contributed by atoms with E-state index in [-0.39, 0.29) is 30.3 Å². The normalized spacial score (nSPS) is 10.3. The van der Waals surface area contributed by atoms with Crippen LogP contribution in [0.25, 0.3) is 0 Å². The second kappa shape index (κ2) is 7.09. The van der Waals surface area contributed by atoms with Crippen molar-refractivity contribution in [2.75, 3.05) is 5.32 Å². The van der Waals surface area contributed by atoms with Crippen molar-refractivity contribution < 1.29 is 14.4 Å². The zero-order valence-corrected chi connectivity index (χ0v) is 13.2.